The predicted octanol–water partition coefficient (Wildman–Crippen LogP) is 6.67. The van der Waals surface area contributed by atoms with Gasteiger partial charge in [0, 0.05) is 29.9 Å². The fourth-order valence-electron chi connectivity index (χ4n) is 5.61. The minimum atomic E-state index is -4.39. The van der Waals surface area contributed by atoms with Gasteiger partial charge in [-0.05, 0) is 65.8 Å². The summed E-state index contributed by atoms with van der Waals surface area (Å²) in [5, 5.41) is 9.45. The second-order valence-electron chi connectivity index (χ2n) is 11.1. The van der Waals surface area contributed by atoms with Gasteiger partial charge in [-0.15, -0.1) is 10.2 Å². The summed E-state index contributed by atoms with van der Waals surface area (Å²) in [5.74, 6) is 1.45. The van der Waals surface area contributed by atoms with Gasteiger partial charge in [-0.3, -0.25) is 4.79 Å². The van der Waals surface area contributed by atoms with Crippen LogP contribution in [0.5, 0.6) is 0 Å². The molecule has 0 fully saturated rings. The fourth-order valence-corrected chi connectivity index (χ4v) is 6.58. The van der Waals surface area contributed by atoms with E-state index in [9.17, 15) is 27.2 Å². The van der Waals surface area contributed by atoms with Crippen LogP contribution in [0, 0.1) is 5.82 Å². The summed E-state index contributed by atoms with van der Waals surface area (Å²) in [6.45, 7) is 0.705. The molecule has 1 aliphatic carbocycles. The standard InChI is InChI=1S/C34H29F4N5O2S/c35-27-16-8-23(9-17-27)21-46-33-39-32(45)28-3-1-4-29(28)42(33)20-31-41-40-30(5-2-18-44)43(31)19-22-6-10-24(11-7-22)25-12-14-26(15-13-25)34(36,37)38/h6-18H,1-5,19-21H2. The number of carbonyl (C=O) groups excluding carboxylic acids is 1. The largest absolute Gasteiger partial charge is 0.416 e. The Balaban J connectivity index is 1.29. The van der Waals surface area contributed by atoms with E-state index < -0.39 is 11.7 Å². The zero-order valence-electron chi connectivity index (χ0n) is 24.6. The molecule has 236 valence electrons. The van der Waals surface area contributed by atoms with E-state index in [-0.39, 0.29) is 17.8 Å². The van der Waals surface area contributed by atoms with Crippen LogP contribution < -0.4 is 5.56 Å². The van der Waals surface area contributed by atoms with Gasteiger partial charge in [-0.1, -0.05) is 60.3 Å². The molecule has 0 aliphatic heterocycles. The van der Waals surface area contributed by atoms with Crippen LogP contribution in [0.1, 0.15) is 52.4 Å². The van der Waals surface area contributed by atoms with Gasteiger partial charge in [0.2, 0.25) is 0 Å². The number of aldehydes is 1. The van der Waals surface area contributed by atoms with E-state index >= 15 is 0 Å². The molecule has 6 rings (SSSR count). The van der Waals surface area contributed by atoms with Crippen molar-refractivity contribution in [3.63, 3.8) is 0 Å². The molecule has 7 nitrogen and oxygen atoms in total. The maximum Gasteiger partial charge on any atom is 0.416 e. The highest BCUT2D eigenvalue weighted by molar-refractivity contribution is 7.98. The molecule has 0 N–H and O–H groups in total. The van der Waals surface area contributed by atoms with Gasteiger partial charge in [0.15, 0.2) is 11.0 Å². The van der Waals surface area contributed by atoms with Crippen LogP contribution >= 0.6 is 11.8 Å². The number of hydrogen-bond donors (Lipinski definition) is 0. The van der Waals surface area contributed by atoms with E-state index in [1.807, 2.05) is 33.4 Å². The number of hydrogen-bond acceptors (Lipinski definition) is 6. The van der Waals surface area contributed by atoms with Crippen molar-refractivity contribution in [3.8, 4) is 11.1 Å². The molecule has 0 bridgehead atoms. The first-order valence-electron chi connectivity index (χ1n) is 14.8. The number of rotatable bonds is 11. The van der Waals surface area contributed by atoms with Crippen LogP contribution in [-0.2, 0) is 49.1 Å². The van der Waals surface area contributed by atoms with Crippen molar-refractivity contribution in [2.45, 2.75) is 62.3 Å². The first kappa shape index (κ1) is 31.4. The number of halogens is 4. The van der Waals surface area contributed by atoms with Crippen molar-refractivity contribution in [3.05, 3.63) is 129 Å². The lowest BCUT2D eigenvalue weighted by atomic mass is 10.0. The smallest absolute Gasteiger partial charge is 0.316 e. The summed E-state index contributed by atoms with van der Waals surface area (Å²) in [6, 6.07) is 18.8. The van der Waals surface area contributed by atoms with Crippen molar-refractivity contribution in [2.75, 3.05) is 0 Å². The molecule has 0 saturated carbocycles. The lowest BCUT2D eigenvalue weighted by Crippen LogP contribution is -2.23. The second kappa shape index (κ2) is 13.4. The molecule has 5 aromatic rings. The van der Waals surface area contributed by atoms with Crippen LogP contribution in [0.15, 0.2) is 82.7 Å². The fraction of sp³-hybridized carbons (Fsp3) is 0.265. The van der Waals surface area contributed by atoms with Crippen LogP contribution in [-0.4, -0.2) is 30.6 Å². The van der Waals surface area contributed by atoms with Gasteiger partial charge in [0.1, 0.15) is 17.9 Å². The topological polar surface area (TPSA) is 82.7 Å². The first-order chi connectivity index (χ1) is 22.2. The van der Waals surface area contributed by atoms with Gasteiger partial charge in [-0.2, -0.15) is 18.2 Å². The van der Waals surface area contributed by atoms with Crippen molar-refractivity contribution in [2.24, 2.45) is 0 Å². The third kappa shape index (κ3) is 6.96. The highest BCUT2D eigenvalue weighted by atomic mass is 32.2. The van der Waals surface area contributed by atoms with Crippen molar-refractivity contribution >= 4 is 18.0 Å². The highest BCUT2D eigenvalue weighted by Crippen LogP contribution is 2.31. The number of aryl methyl sites for hydroxylation is 1. The van der Waals surface area contributed by atoms with Gasteiger partial charge < -0.3 is 13.9 Å². The predicted molar refractivity (Wildman–Crippen MR) is 166 cm³/mol. The normalized spacial score (nSPS) is 12.8. The summed E-state index contributed by atoms with van der Waals surface area (Å²) in [7, 11) is 0. The molecule has 1 aliphatic rings. The molecule has 0 unspecified atom stereocenters. The summed E-state index contributed by atoms with van der Waals surface area (Å²) >= 11 is 1.40. The van der Waals surface area contributed by atoms with Crippen molar-refractivity contribution in [1.82, 2.24) is 24.3 Å². The summed E-state index contributed by atoms with van der Waals surface area (Å²) in [6.07, 6.45) is -0.651. The van der Waals surface area contributed by atoms with Crippen molar-refractivity contribution < 1.29 is 22.4 Å². The number of nitrogens with zero attached hydrogens (tertiary/aromatic N) is 5. The molecular formula is C34H29F4N5O2S. The van der Waals surface area contributed by atoms with E-state index in [1.165, 1.54) is 36.0 Å². The van der Waals surface area contributed by atoms with Crippen LogP contribution in [0.3, 0.4) is 0 Å². The Hall–Kier alpha value is -4.58. The lowest BCUT2D eigenvalue weighted by molar-refractivity contribution is -0.137. The Morgan fingerprint density at radius 3 is 2.13 bits per heavy atom. The van der Waals surface area contributed by atoms with Gasteiger partial charge in [0.25, 0.3) is 5.56 Å². The molecule has 0 saturated heterocycles. The number of carbonyl (C=O) groups is 1. The molecule has 0 radical (unpaired) electrons. The minimum absolute atomic E-state index is 0.230. The lowest BCUT2D eigenvalue weighted by Gasteiger charge is -2.18. The third-order valence-electron chi connectivity index (χ3n) is 8.01. The zero-order chi connectivity index (χ0) is 32.3. The highest BCUT2D eigenvalue weighted by Gasteiger charge is 2.30. The van der Waals surface area contributed by atoms with Crippen LogP contribution in [0.25, 0.3) is 11.1 Å². The molecule has 46 heavy (non-hydrogen) atoms. The Bertz CT molecular complexity index is 1900. The van der Waals surface area contributed by atoms with Crippen LogP contribution in [0.4, 0.5) is 17.6 Å². The first-order valence-corrected chi connectivity index (χ1v) is 15.8. The molecule has 0 atom stereocenters. The van der Waals surface area contributed by atoms with E-state index in [1.54, 1.807) is 12.1 Å². The van der Waals surface area contributed by atoms with Gasteiger partial charge in [-0.25, -0.2) is 4.39 Å². The molecule has 12 heteroatoms. The minimum Gasteiger partial charge on any atom is -0.316 e. The number of thioether (sulfide) groups is 1. The third-order valence-corrected chi connectivity index (χ3v) is 9.06. The van der Waals surface area contributed by atoms with E-state index in [0.29, 0.717) is 59.6 Å². The van der Waals surface area contributed by atoms with Crippen LogP contribution in [0.2, 0.25) is 0 Å². The Morgan fingerprint density at radius 2 is 1.46 bits per heavy atom. The molecule has 3 aromatic carbocycles. The molecule has 2 aromatic heterocycles. The SMILES string of the molecule is O=CCCc1nnc(Cn2c(SCc3ccc(F)cc3)nc(=O)c3c2CCC3)n1Cc1ccc(-c2ccc(C(F)(F)F)cc2)cc1. The molecule has 2 heterocycles. The number of alkyl halides is 3. The van der Waals surface area contributed by atoms with E-state index in [2.05, 4.69) is 15.2 Å². The maximum absolute atomic E-state index is 13.4. The quantitative estimate of drug-likeness (QED) is 0.0690. The van der Waals surface area contributed by atoms with Gasteiger partial charge >= 0.3 is 6.18 Å². The second-order valence-corrected chi connectivity index (χ2v) is 12.0. The zero-order valence-corrected chi connectivity index (χ0v) is 25.5. The number of benzene rings is 3. The number of aromatic nitrogens is 5. The van der Waals surface area contributed by atoms with Crippen molar-refractivity contribution in [1.29, 1.82) is 0 Å². The Kier molecular flexibility index (Phi) is 9.16. The molecular weight excluding hydrogens is 618 g/mol. The summed E-state index contributed by atoms with van der Waals surface area (Å²) in [5.41, 5.74) is 3.96. The van der Waals surface area contributed by atoms with E-state index in [0.717, 1.165) is 53.6 Å². The maximum atomic E-state index is 13.4. The molecule has 0 amide bonds. The number of fused-ring (bicyclic) bond motifs is 1. The summed E-state index contributed by atoms with van der Waals surface area (Å²) in [4.78, 5) is 28.6. The Labute approximate surface area is 266 Å². The van der Waals surface area contributed by atoms with E-state index in [4.69, 9.17) is 0 Å². The summed E-state index contributed by atoms with van der Waals surface area (Å²) < 4.78 is 56.4. The van der Waals surface area contributed by atoms with Gasteiger partial charge in [0.05, 0.1) is 18.7 Å². The Morgan fingerprint density at radius 1 is 0.804 bits per heavy atom. The average Bonchev–Trinajstić information content (AvgIpc) is 3.69. The molecule has 0 spiro atoms. The monoisotopic (exact) mass is 647 g/mol. The average molecular weight is 648 g/mol.